The van der Waals surface area contributed by atoms with Gasteiger partial charge in [0.05, 0.1) is 11.3 Å². The lowest BCUT2D eigenvalue weighted by Crippen LogP contribution is -2.50. The van der Waals surface area contributed by atoms with Crippen molar-refractivity contribution < 1.29 is 9.53 Å². The number of para-hydroxylation sites is 1. The van der Waals surface area contributed by atoms with Crippen molar-refractivity contribution in [3.63, 3.8) is 0 Å². The molecule has 1 aliphatic heterocycles. The number of piperazine rings is 1. The highest BCUT2D eigenvalue weighted by atomic mass is 16.5. The first-order valence-corrected chi connectivity index (χ1v) is 10.2. The van der Waals surface area contributed by atoms with Gasteiger partial charge in [0.15, 0.2) is 12.4 Å². The SMILES string of the molecule is Cc1ccccc1-c1ccc(N2CCN(C(=O)COc3ccccc3C#N)CC2)nn1. The number of carbonyl (C=O) groups excluding carboxylic acids is 1. The molecule has 1 saturated heterocycles. The van der Waals surface area contributed by atoms with Crippen LogP contribution < -0.4 is 9.64 Å². The van der Waals surface area contributed by atoms with Gasteiger partial charge in [-0.2, -0.15) is 5.26 Å². The summed E-state index contributed by atoms with van der Waals surface area (Å²) in [5.41, 5.74) is 3.52. The maximum Gasteiger partial charge on any atom is 0.260 e. The Hall–Kier alpha value is -3.92. The Balaban J connectivity index is 1.32. The first-order chi connectivity index (χ1) is 15.2. The molecule has 1 fully saturated rings. The molecule has 0 spiro atoms. The summed E-state index contributed by atoms with van der Waals surface area (Å²) >= 11 is 0. The Bertz CT molecular complexity index is 1100. The predicted molar refractivity (Wildman–Crippen MR) is 118 cm³/mol. The Morgan fingerprint density at radius 1 is 1.00 bits per heavy atom. The minimum atomic E-state index is -0.0895. The van der Waals surface area contributed by atoms with E-state index in [4.69, 9.17) is 10.00 Å². The molecule has 7 heteroatoms. The van der Waals surface area contributed by atoms with Gasteiger partial charge in [-0.1, -0.05) is 36.4 Å². The number of nitrogens with zero attached hydrogens (tertiary/aromatic N) is 5. The smallest absolute Gasteiger partial charge is 0.260 e. The summed E-state index contributed by atoms with van der Waals surface area (Å²) < 4.78 is 5.57. The number of hydrogen-bond acceptors (Lipinski definition) is 6. The summed E-state index contributed by atoms with van der Waals surface area (Å²) in [7, 11) is 0. The van der Waals surface area contributed by atoms with Crippen molar-refractivity contribution in [2.24, 2.45) is 0 Å². The van der Waals surface area contributed by atoms with Crippen molar-refractivity contribution in [3.05, 3.63) is 71.8 Å². The molecule has 7 nitrogen and oxygen atoms in total. The molecule has 31 heavy (non-hydrogen) atoms. The van der Waals surface area contributed by atoms with E-state index in [9.17, 15) is 4.79 Å². The first-order valence-electron chi connectivity index (χ1n) is 10.2. The summed E-state index contributed by atoms with van der Waals surface area (Å²) in [6.07, 6.45) is 0. The molecular formula is C24H23N5O2. The van der Waals surface area contributed by atoms with Gasteiger partial charge in [0.1, 0.15) is 11.8 Å². The fourth-order valence-electron chi connectivity index (χ4n) is 3.60. The molecule has 156 valence electrons. The summed E-state index contributed by atoms with van der Waals surface area (Å²) in [5, 5.41) is 17.9. The molecule has 0 saturated carbocycles. The van der Waals surface area contributed by atoms with Crippen LogP contribution in [0.2, 0.25) is 0 Å². The Morgan fingerprint density at radius 3 is 2.45 bits per heavy atom. The van der Waals surface area contributed by atoms with Crippen LogP contribution in [0, 0.1) is 18.3 Å². The quantitative estimate of drug-likeness (QED) is 0.639. The van der Waals surface area contributed by atoms with Gasteiger partial charge >= 0.3 is 0 Å². The van der Waals surface area contributed by atoms with Crippen molar-refractivity contribution >= 4 is 11.7 Å². The van der Waals surface area contributed by atoms with Crippen LogP contribution in [0.25, 0.3) is 11.3 Å². The molecular weight excluding hydrogens is 390 g/mol. The third-order valence-corrected chi connectivity index (χ3v) is 5.39. The van der Waals surface area contributed by atoms with E-state index in [1.807, 2.05) is 30.3 Å². The molecule has 0 bridgehead atoms. The maximum atomic E-state index is 12.5. The molecule has 0 aliphatic carbocycles. The van der Waals surface area contributed by atoms with Crippen molar-refractivity contribution in [3.8, 4) is 23.1 Å². The van der Waals surface area contributed by atoms with Gasteiger partial charge in [-0.05, 0) is 36.8 Å². The number of hydrogen-bond donors (Lipinski definition) is 0. The largest absolute Gasteiger partial charge is 0.482 e. The molecule has 3 aromatic rings. The number of aryl methyl sites for hydroxylation is 1. The molecule has 0 unspecified atom stereocenters. The summed E-state index contributed by atoms with van der Waals surface area (Å²) in [4.78, 5) is 16.4. The Morgan fingerprint density at radius 2 is 1.74 bits per heavy atom. The minimum Gasteiger partial charge on any atom is -0.482 e. The molecule has 0 radical (unpaired) electrons. The van der Waals surface area contributed by atoms with E-state index in [1.54, 1.807) is 29.2 Å². The second-order valence-corrected chi connectivity index (χ2v) is 7.36. The monoisotopic (exact) mass is 413 g/mol. The molecule has 2 aromatic carbocycles. The first kappa shape index (κ1) is 20.4. The minimum absolute atomic E-state index is 0.0797. The number of nitriles is 1. The number of anilines is 1. The van der Waals surface area contributed by atoms with E-state index in [0.717, 1.165) is 22.6 Å². The highest BCUT2D eigenvalue weighted by Gasteiger charge is 2.22. The Labute approximate surface area is 181 Å². The fraction of sp³-hybridized carbons (Fsp3) is 0.250. The average molecular weight is 413 g/mol. The molecule has 4 rings (SSSR count). The number of aromatic nitrogens is 2. The van der Waals surface area contributed by atoms with E-state index >= 15 is 0 Å². The molecule has 1 aliphatic rings. The van der Waals surface area contributed by atoms with Gasteiger partial charge in [0, 0.05) is 31.7 Å². The summed E-state index contributed by atoms with van der Waals surface area (Å²) in [6.45, 7) is 4.51. The van der Waals surface area contributed by atoms with Crippen molar-refractivity contribution in [1.82, 2.24) is 15.1 Å². The van der Waals surface area contributed by atoms with Crippen LogP contribution >= 0.6 is 0 Å². The van der Waals surface area contributed by atoms with Gasteiger partial charge in [0.2, 0.25) is 0 Å². The van der Waals surface area contributed by atoms with Crippen LogP contribution in [-0.2, 0) is 4.79 Å². The molecule has 1 aromatic heterocycles. The van der Waals surface area contributed by atoms with Crippen molar-refractivity contribution in [1.29, 1.82) is 5.26 Å². The zero-order valence-electron chi connectivity index (χ0n) is 17.4. The zero-order valence-corrected chi connectivity index (χ0v) is 17.4. The Kier molecular flexibility index (Phi) is 6.08. The normalized spacial score (nSPS) is 13.5. The van der Waals surface area contributed by atoms with Crippen LogP contribution in [0.3, 0.4) is 0 Å². The number of amides is 1. The van der Waals surface area contributed by atoms with Crippen LogP contribution in [0.1, 0.15) is 11.1 Å². The summed E-state index contributed by atoms with van der Waals surface area (Å²) in [6, 6.07) is 21.1. The van der Waals surface area contributed by atoms with Crippen LogP contribution in [0.4, 0.5) is 5.82 Å². The molecule has 0 N–H and O–H groups in total. The van der Waals surface area contributed by atoms with E-state index < -0.39 is 0 Å². The highest BCUT2D eigenvalue weighted by Crippen LogP contribution is 2.22. The summed E-state index contributed by atoms with van der Waals surface area (Å²) in [5.74, 6) is 1.15. The lowest BCUT2D eigenvalue weighted by Gasteiger charge is -2.35. The number of carbonyl (C=O) groups is 1. The number of rotatable bonds is 5. The molecule has 2 heterocycles. The highest BCUT2D eigenvalue weighted by molar-refractivity contribution is 5.78. The van der Waals surface area contributed by atoms with Crippen LogP contribution in [-0.4, -0.2) is 53.8 Å². The van der Waals surface area contributed by atoms with Crippen LogP contribution in [0.5, 0.6) is 5.75 Å². The second kappa shape index (κ2) is 9.26. The second-order valence-electron chi connectivity index (χ2n) is 7.36. The predicted octanol–water partition coefficient (Wildman–Crippen LogP) is 3.05. The van der Waals surface area contributed by atoms with Crippen molar-refractivity contribution in [2.45, 2.75) is 6.92 Å². The maximum absolute atomic E-state index is 12.5. The zero-order chi connectivity index (χ0) is 21.6. The number of benzene rings is 2. The fourth-order valence-corrected chi connectivity index (χ4v) is 3.60. The van der Waals surface area contributed by atoms with Gasteiger partial charge in [0.25, 0.3) is 5.91 Å². The van der Waals surface area contributed by atoms with Crippen molar-refractivity contribution in [2.75, 3.05) is 37.7 Å². The average Bonchev–Trinajstić information content (AvgIpc) is 2.83. The molecule has 1 amide bonds. The van der Waals surface area contributed by atoms with E-state index in [0.29, 0.717) is 37.5 Å². The van der Waals surface area contributed by atoms with Crippen LogP contribution in [0.15, 0.2) is 60.7 Å². The van der Waals surface area contributed by atoms with Gasteiger partial charge < -0.3 is 14.5 Å². The standard InChI is InChI=1S/C24H23N5O2/c1-18-6-2-4-8-20(18)21-10-11-23(27-26-21)28-12-14-29(15-13-28)24(30)17-31-22-9-5-3-7-19(22)16-25/h2-11H,12-15,17H2,1H3. The van der Waals surface area contributed by atoms with E-state index in [-0.39, 0.29) is 12.5 Å². The van der Waals surface area contributed by atoms with E-state index in [2.05, 4.69) is 34.2 Å². The number of ether oxygens (including phenoxy) is 1. The molecule has 0 atom stereocenters. The topological polar surface area (TPSA) is 82.4 Å². The lowest BCUT2D eigenvalue weighted by atomic mass is 10.1. The lowest BCUT2D eigenvalue weighted by molar-refractivity contribution is -0.133. The third-order valence-electron chi connectivity index (χ3n) is 5.39. The van der Waals surface area contributed by atoms with E-state index in [1.165, 1.54) is 0 Å². The van der Waals surface area contributed by atoms with Gasteiger partial charge in [-0.15, -0.1) is 10.2 Å². The van der Waals surface area contributed by atoms with Gasteiger partial charge in [-0.3, -0.25) is 4.79 Å². The van der Waals surface area contributed by atoms with Gasteiger partial charge in [-0.25, -0.2) is 0 Å². The third kappa shape index (κ3) is 4.64.